The molecule has 0 aliphatic heterocycles. The molecule has 1 nitrogen and oxygen atoms in total. The summed E-state index contributed by atoms with van der Waals surface area (Å²) in [5.74, 6) is 3.14. The first-order chi connectivity index (χ1) is 7.58. The number of allylic oxidation sites excluding steroid dienone is 2. The smallest absolute Gasteiger partial charge is 0.114 e. The summed E-state index contributed by atoms with van der Waals surface area (Å²) in [7, 11) is 0. The van der Waals surface area contributed by atoms with E-state index in [1.54, 1.807) is 0 Å². The molecule has 0 unspecified atom stereocenters. The van der Waals surface area contributed by atoms with Gasteiger partial charge in [-0.3, -0.25) is 0 Å². The number of hydrogen-bond acceptors (Lipinski definition) is 1. The van der Waals surface area contributed by atoms with Gasteiger partial charge < -0.3 is 4.74 Å². The largest absolute Gasteiger partial charge is 0.491 e. The van der Waals surface area contributed by atoms with E-state index in [9.17, 15) is 0 Å². The summed E-state index contributed by atoms with van der Waals surface area (Å²) in [5.41, 5.74) is 0. The predicted octanol–water partition coefficient (Wildman–Crippen LogP) is 4.55. The Morgan fingerprint density at radius 3 is 2.56 bits per heavy atom. The molecule has 1 fully saturated rings. The molecular formula is C15H26O. The monoisotopic (exact) mass is 222 g/mol. The topological polar surface area (TPSA) is 9.23 Å². The second kappa shape index (κ2) is 6.12. The van der Waals surface area contributed by atoms with Gasteiger partial charge in [-0.05, 0) is 49.7 Å². The molecule has 3 atom stereocenters. The second-order valence-corrected chi connectivity index (χ2v) is 5.38. The predicted molar refractivity (Wildman–Crippen MR) is 70.2 cm³/mol. The van der Waals surface area contributed by atoms with Gasteiger partial charge in [-0.1, -0.05) is 33.8 Å². The molecule has 0 aromatic carbocycles. The number of rotatable bonds is 4. The Morgan fingerprint density at radius 2 is 2.06 bits per heavy atom. The highest BCUT2D eigenvalue weighted by molar-refractivity contribution is 5.08. The molecule has 0 aromatic rings. The molecule has 0 radical (unpaired) electrons. The maximum absolute atomic E-state index is 6.08. The van der Waals surface area contributed by atoms with Crippen LogP contribution in [-0.4, -0.2) is 6.10 Å². The van der Waals surface area contributed by atoms with Crippen LogP contribution < -0.4 is 0 Å². The molecule has 0 N–H and O–H groups in total. The van der Waals surface area contributed by atoms with Crippen LogP contribution in [0.25, 0.3) is 0 Å². The van der Waals surface area contributed by atoms with Crippen molar-refractivity contribution >= 4 is 0 Å². The Labute approximate surface area is 101 Å². The van der Waals surface area contributed by atoms with Gasteiger partial charge in [0.1, 0.15) is 11.9 Å². The average molecular weight is 222 g/mol. The molecule has 0 saturated heterocycles. The van der Waals surface area contributed by atoms with Crippen LogP contribution in [-0.2, 0) is 4.74 Å². The zero-order valence-electron chi connectivity index (χ0n) is 11.2. The van der Waals surface area contributed by atoms with Crippen LogP contribution in [0.4, 0.5) is 0 Å². The maximum Gasteiger partial charge on any atom is 0.114 e. The lowest BCUT2D eigenvalue weighted by atomic mass is 9.75. The third-order valence-electron chi connectivity index (χ3n) is 3.73. The fraction of sp³-hybridized carbons (Fsp3) is 0.733. The summed E-state index contributed by atoms with van der Waals surface area (Å²) in [6.07, 6.45) is 8.04. The molecule has 1 heteroatoms. The van der Waals surface area contributed by atoms with Gasteiger partial charge in [0.2, 0.25) is 0 Å². The number of hydrogen-bond donors (Lipinski definition) is 0. The highest BCUT2D eigenvalue weighted by Crippen LogP contribution is 2.36. The van der Waals surface area contributed by atoms with Gasteiger partial charge >= 0.3 is 0 Å². The first-order valence-corrected chi connectivity index (χ1v) is 6.53. The van der Waals surface area contributed by atoms with Crippen LogP contribution in [0.15, 0.2) is 24.5 Å². The van der Waals surface area contributed by atoms with Gasteiger partial charge in [0.25, 0.3) is 0 Å². The van der Waals surface area contributed by atoms with E-state index in [2.05, 4.69) is 27.4 Å². The van der Waals surface area contributed by atoms with Crippen LogP contribution in [0, 0.1) is 17.8 Å². The van der Waals surface area contributed by atoms with Crippen molar-refractivity contribution in [2.24, 2.45) is 17.8 Å². The van der Waals surface area contributed by atoms with Crippen LogP contribution in [0.2, 0.25) is 0 Å². The molecule has 1 saturated carbocycles. The Hall–Kier alpha value is -0.720. The SMILES string of the molecule is C=C/C(=C\C)O[C@@H]1C[C@H](C)CC[C@H]1C(C)C. The van der Waals surface area contributed by atoms with Crippen molar-refractivity contribution in [3.05, 3.63) is 24.5 Å². The normalized spacial score (nSPS) is 31.6. The van der Waals surface area contributed by atoms with Crippen molar-refractivity contribution in [3.8, 4) is 0 Å². The van der Waals surface area contributed by atoms with Gasteiger partial charge in [0, 0.05) is 0 Å². The van der Waals surface area contributed by atoms with Crippen molar-refractivity contribution < 1.29 is 4.74 Å². The second-order valence-electron chi connectivity index (χ2n) is 5.38. The number of ether oxygens (including phenoxy) is 1. The molecule has 16 heavy (non-hydrogen) atoms. The maximum atomic E-state index is 6.08. The minimum absolute atomic E-state index is 0.382. The summed E-state index contributed by atoms with van der Waals surface area (Å²) in [6, 6.07) is 0. The first kappa shape index (κ1) is 13.3. The lowest BCUT2D eigenvalue weighted by molar-refractivity contribution is 0.00336. The third-order valence-corrected chi connectivity index (χ3v) is 3.73. The lowest BCUT2D eigenvalue weighted by Crippen LogP contribution is -2.34. The standard InChI is InChI=1S/C15H26O/c1-6-13(7-2)16-15-10-12(5)8-9-14(15)11(3)4/h6-7,11-12,14-15H,1,8-10H2,2-5H3/b13-7+/t12-,14+,15-/m1/s1. The Bertz CT molecular complexity index is 252. The molecule has 1 aliphatic carbocycles. The van der Waals surface area contributed by atoms with E-state index in [1.807, 2.05) is 19.1 Å². The van der Waals surface area contributed by atoms with Crippen molar-refractivity contribution in [3.63, 3.8) is 0 Å². The molecule has 0 amide bonds. The van der Waals surface area contributed by atoms with E-state index < -0.39 is 0 Å². The van der Waals surface area contributed by atoms with Gasteiger partial charge in [0.05, 0.1) is 0 Å². The van der Waals surface area contributed by atoms with E-state index in [0.717, 1.165) is 11.7 Å². The molecule has 0 bridgehead atoms. The van der Waals surface area contributed by atoms with Crippen molar-refractivity contribution in [1.82, 2.24) is 0 Å². The van der Waals surface area contributed by atoms with Crippen LogP contribution in [0.3, 0.4) is 0 Å². The van der Waals surface area contributed by atoms with Gasteiger partial charge in [-0.15, -0.1) is 0 Å². The molecule has 1 rings (SSSR count). The van der Waals surface area contributed by atoms with Crippen molar-refractivity contribution in [2.45, 2.75) is 53.1 Å². The van der Waals surface area contributed by atoms with E-state index >= 15 is 0 Å². The van der Waals surface area contributed by atoms with E-state index in [-0.39, 0.29) is 0 Å². The summed E-state index contributed by atoms with van der Waals surface area (Å²) < 4.78 is 6.08. The quantitative estimate of drug-likeness (QED) is 0.501. The minimum Gasteiger partial charge on any atom is -0.491 e. The third kappa shape index (κ3) is 3.40. The molecule has 92 valence electrons. The van der Waals surface area contributed by atoms with Gasteiger partial charge in [-0.2, -0.15) is 0 Å². The molecular weight excluding hydrogens is 196 g/mol. The molecule has 1 aliphatic rings. The summed E-state index contributed by atoms with van der Waals surface area (Å²) in [6.45, 7) is 12.7. The average Bonchev–Trinajstić information content (AvgIpc) is 2.25. The van der Waals surface area contributed by atoms with Crippen molar-refractivity contribution in [2.75, 3.05) is 0 Å². The fourth-order valence-corrected chi connectivity index (χ4v) is 2.66. The first-order valence-electron chi connectivity index (χ1n) is 6.53. The molecule has 0 spiro atoms. The van der Waals surface area contributed by atoms with Crippen LogP contribution >= 0.6 is 0 Å². The van der Waals surface area contributed by atoms with E-state index in [1.165, 1.54) is 19.3 Å². The Morgan fingerprint density at radius 1 is 1.38 bits per heavy atom. The highest BCUT2D eigenvalue weighted by atomic mass is 16.5. The highest BCUT2D eigenvalue weighted by Gasteiger charge is 2.32. The zero-order valence-corrected chi connectivity index (χ0v) is 11.2. The summed E-state index contributed by atoms with van der Waals surface area (Å²) in [4.78, 5) is 0. The lowest BCUT2D eigenvalue weighted by Gasteiger charge is -2.37. The van der Waals surface area contributed by atoms with Crippen molar-refractivity contribution in [1.29, 1.82) is 0 Å². The van der Waals surface area contributed by atoms with E-state index in [0.29, 0.717) is 17.9 Å². The Kier molecular flexibility index (Phi) is 5.11. The summed E-state index contributed by atoms with van der Waals surface area (Å²) >= 11 is 0. The van der Waals surface area contributed by atoms with E-state index in [4.69, 9.17) is 4.74 Å². The van der Waals surface area contributed by atoms with Gasteiger partial charge in [-0.25, -0.2) is 0 Å². The van der Waals surface area contributed by atoms with Crippen LogP contribution in [0.5, 0.6) is 0 Å². The minimum atomic E-state index is 0.382. The van der Waals surface area contributed by atoms with Crippen LogP contribution in [0.1, 0.15) is 47.0 Å². The molecule has 0 aromatic heterocycles. The zero-order chi connectivity index (χ0) is 12.1. The summed E-state index contributed by atoms with van der Waals surface area (Å²) in [5, 5.41) is 0. The fourth-order valence-electron chi connectivity index (χ4n) is 2.66. The van der Waals surface area contributed by atoms with Gasteiger partial charge in [0.15, 0.2) is 0 Å². The molecule has 0 heterocycles. The Balaban J connectivity index is 2.67.